The van der Waals surface area contributed by atoms with Crippen molar-refractivity contribution in [1.29, 1.82) is 0 Å². The van der Waals surface area contributed by atoms with Crippen LogP contribution in [0.25, 0.3) is 11.3 Å². The van der Waals surface area contributed by atoms with Gasteiger partial charge in [0.15, 0.2) is 12.2 Å². The van der Waals surface area contributed by atoms with Gasteiger partial charge in [0.1, 0.15) is 0 Å². The summed E-state index contributed by atoms with van der Waals surface area (Å²) in [7, 11) is 0. The summed E-state index contributed by atoms with van der Waals surface area (Å²) in [6.07, 6.45) is 10.2. The number of oxazole rings is 1. The molecule has 3 rings (SSSR count). The summed E-state index contributed by atoms with van der Waals surface area (Å²) >= 11 is 0. The van der Waals surface area contributed by atoms with Gasteiger partial charge in [-0.3, -0.25) is 0 Å². The second-order valence-electron chi connectivity index (χ2n) is 5.33. The molecule has 0 saturated heterocycles. The Bertz CT molecular complexity index is 484. The van der Waals surface area contributed by atoms with Gasteiger partial charge in [0, 0.05) is 17.8 Å². The third-order valence-electron chi connectivity index (χ3n) is 3.92. The SMILES string of the molecule is c1ncc(-c2ccc(NCC3CCCCC3)cc2)o1. The maximum atomic E-state index is 5.28. The molecule has 0 aliphatic heterocycles. The lowest BCUT2D eigenvalue weighted by Crippen LogP contribution is -2.16. The standard InChI is InChI=1S/C16H20N2O/c1-2-4-13(5-3-1)10-18-15-8-6-14(7-9-15)16-11-17-12-19-16/h6-9,11-13,18H,1-5,10H2. The van der Waals surface area contributed by atoms with Gasteiger partial charge in [-0.1, -0.05) is 19.3 Å². The molecule has 3 nitrogen and oxygen atoms in total. The summed E-state index contributed by atoms with van der Waals surface area (Å²) in [4.78, 5) is 3.94. The van der Waals surface area contributed by atoms with Crippen molar-refractivity contribution in [3.63, 3.8) is 0 Å². The fourth-order valence-corrected chi connectivity index (χ4v) is 2.76. The van der Waals surface area contributed by atoms with Crippen LogP contribution in [0, 0.1) is 5.92 Å². The summed E-state index contributed by atoms with van der Waals surface area (Å²) in [6, 6.07) is 8.37. The Morgan fingerprint density at radius 2 is 1.89 bits per heavy atom. The van der Waals surface area contributed by atoms with Crippen LogP contribution in [-0.2, 0) is 0 Å². The first-order valence-electron chi connectivity index (χ1n) is 7.14. The lowest BCUT2D eigenvalue weighted by Gasteiger charge is -2.22. The Hall–Kier alpha value is -1.77. The maximum Gasteiger partial charge on any atom is 0.181 e. The molecule has 100 valence electrons. The monoisotopic (exact) mass is 256 g/mol. The number of hydrogen-bond acceptors (Lipinski definition) is 3. The first kappa shape index (κ1) is 12.3. The topological polar surface area (TPSA) is 38.1 Å². The van der Waals surface area contributed by atoms with Crippen LogP contribution >= 0.6 is 0 Å². The normalized spacial score (nSPS) is 16.4. The minimum Gasteiger partial charge on any atom is -0.444 e. The summed E-state index contributed by atoms with van der Waals surface area (Å²) in [5, 5.41) is 3.54. The van der Waals surface area contributed by atoms with Crippen molar-refractivity contribution in [2.24, 2.45) is 5.92 Å². The Morgan fingerprint density at radius 3 is 2.58 bits per heavy atom. The fraction of sp³-hybridized carbons (Fsp3) is 0.438. The minimum atomic E-state index is 0.818. The Morgan fingerprint density at radius 1 is 1.11 bits per heavy atom. The van der Waals surface area contributed by atoms with Gasteiger partial charge in [0.25, 0.3) is 0 Å². The lowest BCUT2D eigenvalue weighted by atomic mass is 9.89. The molecule has 2 aromatic rings. The number of anilines is 1. The average molecular weight is 256 g/mol. The number of rotatable bonds is 4. The number of nitrogens with one attached hydrogen (secondary N) is 1. The molecule has 1 aliphatic carbocycles. The van der Waals surface area contributed by atoms with E-state index in [-0.39, 0.29) is 0 Å². The van der Waals surface area contributed by atoms with Crippen molar-refractivity contribution in [2.75, 3.05) is 11.9 Å². The molecule has 1 aromatic carbocycles. The summed E-state index contributed by atoms with van der Waals surface area (Å²) in [6.45, 7) is 1.10. The van der Waals surface area contributed by atoms with Gasteiger partial charge in [-0.25, -0.2) is 4.98 Å². The molecule has 1 heterocycles. The molecular formula is C16H20N2O. The molecule has 0 atom stereocenters. The van der Waals surface area contributed by atoms with Crippen molar-refractivity contribution in [1.82, 2.24) is 4.98 Å². The van der Waals surface area contributed by atoms with E-state index in [4.69, 9.17) is 4.42 Å². The van der Waals surface area contributed by atoms with Crippen LogP contribution in [0.1, 0.15) is 32.1 Å². The van der Waals surface area contributed by atoms with Crippen molar-refractivity contribution >= 4 is 5.69 Å². The smallest absolute Gasteiger partial charge is 0.181 e. The van der Waals surface area contributed by atoms with Crippen LogP contribution in [-0.4, -0.2) is 11.5 Å². The zero-order chi connectivity index (χ0) is 12.9. The largest absolute Gasteiger partial charge is 0.444 e. The zero-order valence-electron chi connectivity index (χ0n) is 11.1. The first-order chi connectivity index (χ1) is 9.42. The van der Waals surface area contributed by atoms with Crippen molar-refractivity contribution in [3.8, 4) is 11.3 Å². The van der Waals surface area contributed by atoms with Gasteiger partial charge >= 0.3 is 0 Å². The number of benzene rings is 1. The molecule has 0 amide bonds. The molecule has 1 aromatic heterocycles. The third-order valence-corrected chi connectivity index (χ3v) is 3.92. The van der Waals surface area contributed by atoms with Crippen LogP contribution in [0.2, 0.25) is 0 Å². The molecular weight excluding hydrogens is 236 g/mol. The molecule has 19 heavy (non-hydrogen) atoms. The highest BCUT2D eigenvalue weighted by Gasteiger charge is 2.12. The van der Waals surface area contributed by atoms with E-state index < -0.39 is 0 Å². The third kappa shape index (κ3) is 3.16. The van der Waals surface area contributed by atoms with E-state index in [9.17, 15) is 0 Å². The van der Waals surface area contributed by atoms with Crippen LogP contribution < -0.4 is 5.32 Å². The average Bonchev–Trinajstić information content (AvgIpc) is 3.01. The predicted octanol–water partition coefficient (Wildman–Crippen LogP) is 4.33. The molecule has 0 bridgehead atoms. The molecule has 0 spiro atoms. The Kier molecular flexibility index (Phi) is 3.82. The molecule has 0 unspecified atom stereocenters. The van der Waals surface area contributed by atoms with Gasteiger partial charge in [-0.15, -0.1) is 0 Å². The van der Waals surface area contributed by atoms with E-state index >= 15 is 0 Å². The van der Waals surface area contributed by atoms with Crippen molar-refractivity contribution < 1.29 is 4.42 Å². The van der Waals surface area contributed by atoms with E-state index in [1.807, 2.05) is 0 Å². The molecule has 1 saturated carbocycles. The number of hydrogen-bond donors (Lipinski definition) is 1. The highest BCUT2D eigenvalue weighted by molar-refractivity contribution is 5.60. The van der Waals surface area contributed by atoms with E-state index in [2.05, 4.69) is 34.6 Å². The van der Waals surface area contributed by atoms with E-state index in [1.54, 1.807) is 6.20 Å². The second kappa shape index (κ2) is 5.91. The summed E-state index contributed by atoms with van der Waals surface area (Å²) < 4.78 is 5.28. The van der Waals surface area contributed by atoms with Crippen molar-refractivity contribution in [3.05, 3.63) is 36.9 Å². The molecule has 1 fully saturated rings. The quantitative estimate of drug-likeness (QED) is 0.884. The predicted molar refractivity (Wildman–Crippen MR) is 77.0 cm³/mol. The van der Waals surface area contributed by atoms with Crippen molar-refractivity contribution in [2.45, 2.75) is 32.1 Å². The van der Waals surface area contributed by atoms with E-state index in [1.165, 1.54) is 44.2 Å². The zero-order valence-corrected chi connectivity index (χ0v) is 11.1. The fourth-order valence-electron chi connectivity index (χ4n) is 2.76. The molecule has 3 heteroatoms. The van der Waals surface area contributed by atoms with Gasteiger partial charge in [-0.05, 0) is 43.0 Å². The van der Waals surface area contributed by atoms with Gasteiger partial charge in [0.05, 0.1) is 6.20 Å². The van der Waals surface area contributed by atoms with Crippen LogP contribution in [0.15, 0.2) is 41.3 Å². The lowest BCUT2D eigenvalue weighted by molar-refractivity contribution is 0.373. The summed E-state index contributed by atoms with van der Waals surface area (Å²) in [5.74, 6) is 1.67. The molecule has 0 radical (unpaired) electrons. The van der Waals surface area contributed by atoms with Gasteiger partial charge in [0.2, 0.25) is 0 Å². The van der Waals surface area contributed by atoms with E-state index in [0.717, 1.165) is 23.8 Å². The van der Waals surface area contributed by atoms with Gasteiger partial charge < -0.3 is 9.73 Å². The minimum absolute atomic E-state index is 0.818. The van der Waals surface area contributed by atoms with Gasteiger partial charge in [-0.2, -0.15) is 0 Å². The first-order valence-corrected chi connectivity index (χ1v) is 7.14. The highest BCUT2D eigenvalue weighted by atomic mass is 16.3. The van der Waals surface area contributed by atoms with Crippen LogP contribution in [0.3, 0.4) is 0 Å². The van der Waals surface area contributed by atoms with Crippen LogP contribution in [0.4, 0.5) is 5.69 Å². The van der Waals surface area contributed by atoms with E-state index in [0.29, 0.717) is 0 Å². The number of nitrogens with zero attached hydrogens (tertiary/aromatic N) is 1. The molecule has 1 aliphatic rings. The summed E-state index contributed by atoms with van der Waals surface area (Å²) in [5.41, 5.74) is 2.26. The maximum absolute atomic E-state index is 5.28. The molecule has 1 N–H and O–H groups in total. The second-order valence-corrected chi connectivity index (χ2v) is 5.33. The van der Waals surface area contributed by atoms with Crippen LogP contribution in [0.5, 0.6) is 0 Å². The Balaban J connectivity index is 1.57. The highest BCUT2D eigenvalue weighted by Crippen LogP contribution is 2.25. The Labute approximate surface area is 114 Å². The number of aromatic nitrogens is 1.